The average molecular weight is 484 g/mol. The molecule has 35 heavy (non-hydrogen) atoms. The zero-order valence-corrected chi connectivity index (χ0v) is 22.8. The van der Waals surface area contributed by atoms with Crippen molar-refractivity contribution >= 4 is 31.1 Å². The van der Waals surface area contributed by atoms with Gasteiger partial charge in [-0.25, -0.2) is 0 Å². The Bertz CT molecular complexity index is 795. The summed E-state index contributed by atoms with van der Waals surface area (Å²) in [6.07, 6.45) is 3.53. The molecular formula is C28H45BN2O4. The molecule has 0 aliphatic carbocycles. The lowest BCUT2D eigenvalue weighted by atomic mass is 9.94. The first-order valence-corrected chi connectivity index (χ1v) is 13.0. The van der Waals surface area contributed by atoms with E-state index < -0.39 is 11.6 Å². The molecule has 6 nitrogen and oxygen atoms in total. The van der Waals surface area contributed by atoms with Gasteiger partial charge in [0.15, 0.2) is 5.78 Å². The van der Waals surface area contributed by atoms with Crippen LogP contribution in [0.1, 0.15) is 80.6 Å². The van der Waals surface area contributed by atoms with E-state index in [9.17, 15) is 14.4 Å². The van der Waals surface area contributed by atoms with Crippen LogP contribution in [0.3, 0.4) is 0 Å². The highest BCUT2D eigenvalue weighted by Gasteiger charge is 2.32. The van der Waals surface area contributed by atoms with Crippen LogP contribution >= 0.6 is 0 Å². The highest BCUT2D eigenvalue weighted by molar-refractivity contribution is 6.08. The average Bonchev–Trinajstić information content (AvgIpc) is 2.78. The van der Waals surface area contributed by atoms with Gasteiger partial charge in [-0.15, -0.1) is 0 Å². The minimum Gasteiger partial charge on any atom is -0.368 e. The minimum absolute atomic E-state index is 0.0500. The van der Waals surface area contributed by atoms with Crippen molar-refractivity contribution in [2.75, 3.05) is 11.5 Å². The molecule has 1 N–H and O–H groups in total. The van der Waals surface area contributed by atoms with Gasteiger partial charge < -0.3 is 15.0 Å². The number of rotatable bonds is 16. The summed E-state index contributed by atoms with van der Waals surface area (Å²) in [6, 6.07) is 8.66. The zero-order chi connectivity index (χ0) is 26.6. The molecule has 0 aliphatic rings. The number of Topliss-reactive ketones (excluding diaryl/α,β-unsaturated/α-hetero) is 1. The van der Waals surface area contributed by atoms with Crippen LogP contribution in [0.2, 0.25) is 6.32 Å². The molecule has 1 aromatic carbocycles. The fraction of sp³-hybridized carbons (Fsp3) is 0.679. The van der Waals surface area contributed by atoms with E-state index in [1.54, 1.807) is 18.7 Å². The molecule has 2 atom stereocenters. The van der Waals surface area contributed by atoms with E-state index in [1.807, 2.05) is 65.0 Å². The summed E-state index contributed by atoms with van der Waals surface area (Å²) in [5.41, 5.74) is -0.116. The molecular weight excluding hydrogens is 439 g/mol. The Morgan fingerprint density at radius 2 is 1.63 bits per heavy atom. The summed E-state index contributed by atoms with van der Waals surface area (Å²) in [4.78, 5) is 40.6. The van der Waals surface area contributed by atoms with Gasteiger partial charge in [-0.1, -0.05) is 65.1 Å². The maximum atomic E-state index is 13.8. The molecule has 0 aliphatic heterocycles. The fourth-order valence-electron chi connectivity index (χ4n) is 4.11. The lowest BCUT2D eigenvalue weighted by Gasteiger charge is -2.34. The number of nitrogens with zero attached hydrogens (tertiary/aromatic N) is 1. The molecule has 0 fully saturated rings. The SMILES string of the molecule is [B]CCCCC(NC(=O)CC(C)C)C(=O)N(c1ccccc1)C(C)CCOC(C)(C)C(=O)C(C)C. The number of ketones is 1. The van der Waals surface area contributed by atoms with E-state index in [0.717, 1.165) is 18.5 Å². The van der Waals surface area contributed by atoms with Crippen LogP contribution in [0.15, 0.2) is 30.3 Å². The largest absolute Gasteiger partial charge is 0.368 e. The molecule has 0 heterocycles. The first-order valence-electron chi connectivity index (χ1n) is 13.0. The van der Waals surface area contributed by atoms with E-state index in [2.05, 4.69) is 5.32 Å². The quantitative estimate of drug-likeness (QED) is 0.262. The summed E-state index contributed by atoms with van der Waals surface area (Å²) in [7, 11) is 5.67. The van der Waals surface area contributed by atoms with Gasteiger partial charge >= 0.3 is 0 Å². The third kappa shape index (κ3) is 10.6. The number of hydrogen-bond acceptors (Lipinski definition) is 4. The summed E-state index contributed by atoms with van der Waals surface area (Å²) < 4.78 is 5.97. The number of ether oxygens (including phenoxy) is 1. The van der Waals surface area contributed by atoms with Crippen molar-refractivity contribution in [1.82, 2.24) is 5.32 Å². The van der Waals surface area contributed by atoms with Gasteiger partial charge in [-0.3, -0.25) is 14.4 Å². The third-order valence-corrected chi connectivity index (χ3v) is 6.00. The fourth-order valence-corrected chi connectivity index (χ4v) is 4.11. The van der Waals surface area contributed by atoms with Crippen LogP contribution in [0.25, 0.3) is 0 Å². The molecule has 0 bridgehead atoms. The van der Waals surface area contributed by atoms with Gasteiger partial charge in [0, 0.05) is 30.7 Å². The monoisotopic (exact) mass is 484 g/mol. The summed E-state index contributed by atoms with van der Waals surface area (Å²) >= 11 is 0. The number of unbranched alkanes of at least 4 members (excludes halogenated alkanes) is 1. The van der Waals surface area contributed by atoms with Crippen molar-refractivity contribution in [2.45, 2.75) is 105 Å². The van der Waals surface area contributed by atoms with Gasteiger partial charge in [0.2, 0.25) is 11.8 Å². The molecule has 1 rings (SSSR count). The van der Waals surface area contributed by atoms with E-state index >= 15 is 0 Å². The second-order valence-electron chi connectivity index (χ2n) is 10.6. The highest BCUT2D eigenvalue weighted by Crippen LogP contribution is 2.23. The first-order chi connectivity index (χ1) is 16.4. The Morgan fingerprint density at radius 1 is 1.00 bits per heavy atom. The number of anilines is 1. The number of hydrogen-bond donors (Lipinski definition) is 1. The Kier molecular flexibility index (Phi) is 13.3. The molecule has 0 spiro atoms. The zero-order valence-electron chi connectivity index (χ0n) is 22.8. The molecule has 1 aromatic rings. The lowest BCUT2D eigenvalue weighted by molar-refractivity contribution is -0.144. The third-order valence-electron chi connectivity index (χ3n) is 6.00. The lowest BCUT2D eigenvalue weighted by Crippen LogP contribution is -2.52. The van der Waals surface area contributed by atoms with Crippen LogP contribution in [-0.2, 0) is 19.1 Å². The Morgan fingerprint density at radius 3 is 2.17 bits per heavy atom. The van der Waals surface area contributed by atoms with E-state index in [4.69, 9.17) is 12.6 Å². The van der Waals surface area contributed by atoms with Crippen molar-refractivity contribution < 1.29 is 19.1 Å². The van der Waals surface area contributed by atoms with Gasteiger partial charge in [-0.2, -0.15) is 0 Å². The molecule has 0 aromatic heterocycles. The van der Waals surface area contributed by atoms with Crippen LogP contribution in [0.5, 0.6) is 0 Å². The number of nitrogens with one attached hydrogen (secondary N) is 1. The van der Waals surface area contributed by atoms with Crippen LogP contribution in [0, 0.1) is 11.8 Å². The Hall–Kier alpha value is -2.15. The van der Waals surface area contributed by atoms with E-state index in [0.29, 0.717) is 32.2 Å². The van der Waals surface area contributed by atoms with Gasteiger partial charge in [0.05, 0.1) is 7.85 Å². The van der Waals surface area contributed by atoms with Gasteiger partial charge in [0.25, 0.3) is 0 Å². The van der Waals surface area contributed by atoms with Crippen LogP contribution in [-0.4, -0.2) is 49.7 Å². The van der Waals surface area contributed by atoms with Crippen molar-refractivity contribution in [3.63, 3.8) is 0 Å². The summed E-state index contributed by atoms with van der Waals surface area (Å²) in [6.45, 7) is 13.6. The number of para-hydroxylation sites is 1. The second-order valence-corrected chi connectivity index (χ2v) is 10.6. The molecule has 2 amide bonds. The summed E-state index contributed by atoms with van der Waals surface area (Å²) in [5.74, 6) is -0.130. The van der Waals surface area contributed by atoms with E-state index in [-0.39, 0.29) is 35.5 Å². The van der Waals surface area contributed by atoms with Gasteiger partial charge in [0.1, 0.15) is 11.6 Å². The van der Waals surface area contributed by atoms with Crippen molar-refractivity contribution in [1.29, 1.82) is 0 Å². The Labute approximate surface area is 214 Å². The van der Waals surface area contributed by atoms with E-state index in [1.165, 1.54) is 0 Å². The molecule has 0 saturated carbocycles. The maximum absolute atomic E-state index is 13.8. The van der Waals surface area contributed by atoms with Crippen molar-refractivity contribution in [2.24, 2.45) is 11.8 Å². The number of benzene rings is 1. The van der Waals surface area contributed by atoms with Crippen molar-refractivity contribution in [3.05, 3.63) is 30.3 Å². The smallest absolute Gasteiger partial charge is 0.249 e. The molecule has 2 unspecified atom stereocenters. The molecule has 0 saturated heterocycles. The van der Waals surface area contributed by atoms with Gasteiger partial charge in [-0.05, 0) is 51.7 Å². The number of carbonyl (C=O) groups excluding carboxylic acids is 3. The second kappa shape index (κ2) is 15.1. The summed E-state index contributed by atoms with van der Waals surface area (Å²) in [5, 5.41) is 2.97. The predicted octanol–water partition coefficient (Wildman–Crippen LogP) is 5.11. The van der Waals surface area contributed by atoms with Crippen LogP contribution in [0.4, 0.5) is 5.69 Å². The standard InChI is InChI=1S/C28H45BN2O4/c1-20(2)19-25(32)30-24(15-11-12-17-29)27(34)31(23-13-9-8-10-14-23)22(5)16-18-35-28(6,7)26(33)21(3)4/h8-10,13-14,20-22,24H,11-12,15-19H2,1-7H3,(H,30,32). The maximum Gasteiger partial charge on any atom is 0.249 e. The number of amides is 2. The first kappa shape index (κ1) is 30.9. The number of carbonyl (C=O) groups is 3. The minimum atomic E-state index is -0.884. The molecule has 2 radical (unpaired) electrons. The predicted molar refractivity (Wildman–Crippen MR) is 144 cm³/mol. The molecule has 7 heteroatoms. The topological polar surface area (TPSA) is 75.7 Å². The highest BCUT2D eigenvalue weighted by atomic mass is 16.5. The molecule has 194 valence electrons. The normalized spacial score (nSPS) is 13.5. The van der Waals surface area contributed by atoms with Crippen molar-refractivity contribution in [3.8, 4) is 0 Å². The van der Waals surface area contributed by atoms with Crippen LogP contribution < -0.4 is 10.2 Å². The Balaban J connectivity index is 3.08.